The van der Waals surface area contributed by atoms with Crippen LogP contribution in [0.4, 0.5) is 0 Å². The smallest absolute Gasteiger partial charge is 0.176 e. The summed E-state index contributed by atoms with van der Waals surface area (Å²) in [4.78, 5) is 14.6. The number of hydrogen-bond donors (Lipinski definition) is 0. The van der Waals surface area contributed by atoms with Crippen molar-refractivity contribution >= 4 is 17.4 Å². The first-order valence-electron chi connectivity index (χ1n) is 7.60. The lowest BCUT2D eigenvalue weighted by molar-refractivity contribution is 0.0880. The van der Waals surface area contributed by atoms with Crippen LogP contribution >= 0.6 is 11.6 Å². The zero-order valence-electron chi connectivity index (χ0n) is 13.1. The highest BCUT2D eigenvalue weighted by Gasteiger charge is 2.23. The Kier molecular flexibility index (Phi) is 5.65. The number of nitrogens with zero attached hydrogens (tertiary/aromatic N) is 1. The van der Waals surface area contributed by atoms with Gasteiger partial charge in [-0.2, -0.15) is 0 Å². The first kappa shape index (κ1) is 16.3. The molecule has 21 heavy (non-hydrogen) atoms. The number of ketones is 1. The predicted octanol–water partition coefficient (Wildman–Crippen LogP) is 3.90. The molecular weight excluding hydrogens is 286 g/mol. The summed E-state index contributed by atoms with van der Waals surface area (Å²) < 4.78 is 5.11. The fourth-order valence-corrected chi connectivity index (χ4v) is 3.17. The van der Waals surface area contributed by atoms with Crippen LogP contribution in [0.1, 0.15) is 37.0 Å². The quantitative estimate of drug-likeness (QED) is 0.773. The number of rotatable bonds is 5. The summed E-state index contributed by atoms with van der Waals surface area (Å²) in [7, 11) is 1.57. The molecule has 0 saturated carbocycles. The summed E-state index contributed by atoms with van der Waals surface area (Å²) in [6.07, 6.45) is 2.38. The van der Waals surface area contributed by atoms with Crippen LogP contribution in [0.2, 0.25) is 5.02 Å². The highest BCUT2D eigenvalue weighted by molar-refractivity contribution is 6.32. The van der Waals surface area contributed by atoms with Crippen LogP contribution in [0.5, 0.6) is 5.75 Å². The van der Waals surface area contributed by atoms with Crippen molar-refractivity contribution in [3.8, 4) is 5.75 Å². The fraction of sp³-hybridized carbons (Fsp3) is 0.588. The lowest BCUT2D eigenvalue weighted by Crippen LogP contribution is -2.38. The molecule has 0 N–H and O–H groups in total. The van der Waals surface area contributed by atoms with Gasteiger partial charge in [0.25, 0.3) is 0 Å². The van der Waals surface area contributed by atoms with Gasteiger partial charge >= 0.3 is 0 Å². The van der Waals surface area contributed by atoms with Crippen LogP contribution in [-0.2, 0) is 0 Å². The van der Waals surface area contributed by atoms with E-state index in [2.05, 4.69) is 18.7 Å². The average molecular weight is 310 g/mol. The van der Waals surface area contributed by atoms with E-state index in [1.54, 1.807) is 25.3 Å². The second kappa shape index (κ2) is 7.28. The number of carbonyl (C=O) groups excluding carboxylic acids is 1. The van der Waals surface area contributed by atoms with Gasteiger partial charge in [-0.3, -0.25) is 9.69 Å². The van der Waals surface area contributed by atoms with Gasteiger partial charge < -0.3 is 4.74 Å². The maximum Gasteiger partial charge on any atom is 0.176 e. The van der Waals surface area contributed by atoms with Crippen molar-refractivity contribution in [3.63, 3.8) is 0 Å². The first-order valence-corrected chi connectivity index (χ1v) is 7.98. The molecular formula is C17H24ClNO2. The molecule has 0 radical (unpaired) electrons. The minimum Gasteiger partial charge on any atom is -0.495 e. The Hall–Kier alpha value is -1.06. The third-order valence-electron chi connectivity index (χ3n) is 4.42. The van der Waals surface area contributed by atoms with Crippen LogP contribution in [0.15, 0.2) is 18.2 Å². The topological polar surface area (TPSA) is 29.5 Å². The molecule has 0 bridgehead atoms. The Morgan fingerprint density at radius 1 is 1.38 bits per heavy atom. The molecule has 0 spiro atoms. The Morgan fingerprint density at radius 3 is 2.57 bits per heavy atom. The molecule has 0 amide bonds. The molecule has 1 aromatic carbocycles. The summed E-state index contributed by atoms with van der Waals surface area (Å²) in [6, 6.07) is 5.23. The Balaban J connectivity index is 1.92. The highest BCUT2D eigenvalue weighted by Crippen LogP contribution is 2.26. The lowest BCUT2D eigenvalue weighted by atomic mass is 9.86. The number of ether oxygens (including phenoxy) is 1. The van der Waals surface area contributed by atoms with Gasteiger partial charge in [-0.15, -0.1) is 0 Å². The number of Topliss-reactive ketones (excluding diaryl/α,β-unsaturated/α-hetero) is 1. The highest BCUT2D eigenvalue weighted by atomic mass is 35.5. The minimum atomic E-state index is 0.127. The largest absolute Gasteiger partial charge is 0.495 e. The van der Waals surface area contributed by atoms with Crippen molar-refractivity contribution in [2.24, 2.45) is 11.8 Å². The van der Waals surface area contributed by atoms with E-state index in [0.717, 1.165) is 24.9 Å². The SMILES string of the molecule is COc1ccc(C(=O)CN2CCC(C(C)C)CC2)cc1Cl. The van der Waals surface area contributed by atoms with Gasteiger partial charge in [0.05, 0.1) is 18.7 Å². The zero-order valence-corrected chi connectivity index (χ0v) is 13.8. The summed E-state index contributed by atoms with van der Waals surface area (Å²) >= 11 is 6.08. The molecule has 0 unspecified atom stereocenters. The van der Waals surface area contributed by atoms with Crippen molar-refractivity contribution in [3.05, 3.63) is 28.8 Å². The van der Waals surface area contributed by atoms with Gasteiger partial charge in [0, 0.05) is 5.56 Å². The molecule has 116 valence electrons. The van der Waals surface area contributed by atoms with Crippen LogP contribution in [0.3, 0.4) is 0 Å². The second-order valence-corrected chi connectivity index (χ2v) is 6.54. The van der Waals surface area contributed by atoms with E-state index in [9.17, 15) is 4.79 Å². The van der Waals surface area contributed by atoms with Gasteiger partial charge in [-0.25, -0.2) is 0 Å². The summed E-state index contributed by atoms with van der Waals surface area (Å²) in [5, 5.41) is 0.488. The van der Waals surface area contributed by atoms with Crippen LogP contribution in [-0.4, -0.2) is 37.4 Å². The third-order valence-corrected chi connectivity index (χ3v) is 4.71. The molecule has 3 nitrogen and oxygen atoms in total. The van der Waals surface area contributed by atoms with E-state index in [0.29, 0.717) is 22.9 Å². The van der Waals surface area contributed by atoms with E-state index in [1.165, 1.54) is 12.8 Å². The fourth-order valence-electron chi connectivity index (χ4n) is 2.91. The van der Waals surface area contributed by atoms with Gasteiger partial charge in [-0.1, -0.05) is 25.4 Å². The number of hydrogen-bond acceptors (Lipinski definition) is 3. The van der Waals surface area contributed by atoms with Crippen molar-refractivity contribution in [2.75, 3.05) is 26.7 Å². The molecule has 0 aliphatic carbocycles. The zero-order chi connectivity index (χ0) is 15.4. The summed E-state index contributed by atoms with van der Waals surface area (Å²) in [6.45, 7) is 7.07. The minimum absolute atomic E-state index is 0.127. The Morgan fingerprint density at radius 2 is 2.05 bits per heavy atom. The van der Waals surface area contributed by atoms with Gasteiger partial charge in [-0.05, 0) is 56.0 Å². The lowest BCUT2D eigenvalue weighted by Gasteiger charge is -2.33. The van der Waals surface area contributed by atoms with Crippen LogP contribution in [0.25, 0.3) is 0 Å². The number of likely N-dealkylation sites (tertiary alicyclic amines) is 1. The van der Waals surface area contributed by atoms with E-state index >= 15 is 0 Å². The van der Waals surface area contributed by atoms with Crippen molar-refractivity contribution < 1.29 is 9.53 Å². The molecule has 0 atom stereocenters. The number of piperidine rings is 1. The first-order chi connectivity index (χ1) is 10.0. The molecule has 1 aliphatic rings. The molecule has 1 fully saturated rings. The van der Waals surface area contributed by atoms with E-state index in [4.69, 9.17) is 16.3 Å². The molecule has 2 rings (SSSR count). The Bertz CT molecular complexity index is 494. The van der Waals surface area contributed by atoms with E-state index in [1.807, 2.05) is 0 Å². The number of halogens is 1. The molecule has 1 saturated heterocycles. The third kappa shape index (κ3) is 4.21. The predicted molar refractivity (Wildman–Crippen MR) is 86.3 cm³/mol. The van der Waals surface area contributed by atoms with Gasteiger partial charge in [0.2, 0.25) is 0 Å². The molecule has 1 aliphatic heterocycles. The number of methoxy groups -OCH3 is 1. The second-order valence-electron chi connectivity index (χ2n) is 6.13. The molecule has 4 heteroatoms. The van der Waals surface area contributed by atoms with Crippen LogP contribution in [0, 0.1) is 11.8 Å². The average Bonchev–Trinajstić information content (AvgIpc) is 2.47. The molecule has 1 aromatic rings. The summed E-state index contributed by atoms with van der Waals surface area (Å²) in [5.41, 5.74) is 0.659. The van der Waals surface area contributed by atoms with Crippen LogP contribution < -0.4 is 4.74 Å². The molecule has 0 aromatic heterocycles. The molecule has 1 heterocycles. The van der Waals surface area contributed by atoms with Gasteiger partial charge in [0.15, 0.2) is 5.78 Å². The number of benzene rings is 1. The normalized spacial score (nSPS) is 17.2. The monoisotopic (exact) mass is 309 g/mol. The van der Waals surface area contributed by atoms with E-state index < -0.39 is 0 Å². The van der Waals surface area contributed by atoms with E-state index in [-0.39, 0.29) is 5.78 Å². The maximum absolute atomic E-state index is 12.3. The van der Waals surface area contributed by atoms with Crippen molar-refractivity contribution in [1.82, 2.24) is 4.90 Å². The van der Waals surface area contributed by atoms with Crippen molar-refractivity contribution in [2.45, 2.75) is 26.7 Å². The Labute approximate surface area is 132 Å². The van der Waals surface area contributed by atoms with Crippen molar-refractivity contribution in [1.29, 1.82) is 0 Å². The van der Waals surface area contributed by atoms with Gasteiger partial charge in [0.1, 0.15) is 5.75 Å². The maximum atomic E-state index is 12.3. The number of carbonyl (C=O) groups is 1. The standard InChI is InChI=1S/C17H24ClNO2/c1-12(2)13-6-8-19(9-7-13)11-16(20)14-4-5-17(21-3)15(18)10-14/h4-5,10,12-13H,6-9,11H2,1-3H3. The summed E-state index contributed by atoms with van der Waals surface area (Å²) in [5.74, 6) is 2.27.